The first-order chi connectivity index (χ1) is 0. The maximum Gasteiger partial charge on any atom is 0 e. The molecule has 0 aromatic carbocycles. The predicted octanol–water partition coefficient (Wildman–Crippen LogP) is 1.69. The minimum atomic E-state index is 0. The topological polar surface area (TPSA) is 35.0 Å². The molecule has 0 aliphatic rings. The van der Waals surface area contributed by atoms with Gasteiger partial charge in [-0.15, -0.1) is 0 Å². The Morgan fingerprint density at radius 1 is 0.571 bits per heavy atom. The van der Waals surface area contributed by atoms with Gasteiger partial charge in [0.1, 0.15) is 0 Å². The van der Waals surface area contributed by atoms with Crippen LogP contribution in [0.4, 0.5) is 0 Å². The van der Waals surface area contributed by atoms with Crippen molar-refractivity contribution in [1.82, 2.24) is 6.15 Å². The average molecular weight is 330 g/mol. The number of hydrogen-bond acceptors (Lipinski definition) is 1. The van der Waals surface area contributed by atoms with Crippen molar-refractivity contribution >= 4 is 0 Å². The van der Waals surface area contributed by atoms with Crippen molar-refractivity contribution in [3.8, 4) is 0 Å². The van der Waals surface area contributed by atoms with Crippen molar-refractivity contribution in [2.45, 2.75) is 7.43 Å². The molecule has 1 nitrogen and oxygen atoms in total. The van der Waals surface area contributed by atoms with Crippen LogP contribution in [0.15, 0.2) is 0 Å². The van der Waals surface area contributed by atoms with Crippen molar-refractivity contribution in [2.24, 2.45) is 0 Å². The average Bonchev–Trinajstić information content (AvgIpc) is 0. The standard InChI is InChI=1S/CH4.2CH3.H3N.3Y/h1H4;3*1H3;;;/q;2*-1;;;;. The van der Waals surface area contributed by atoms with E-state index in [2.05, 4.69) is 0 Å². The molecule has 0 aliphatic carbocycles. The van der Waals surface area contributed by atoms with Gasteiger partial charge in [-0.2, -0.15) is 0 Å². The van der Waals surface area contributed by atoms with Gasteiger partial charge < -0.3 is 21.0 Å². The van der Waals surface area contributed by atoms with Gasteiger partial charge in [-0.25, -0.2) is 0 Å². The van der Waals surface area contributed by atoms with Crippen LogP contribution in [0.25, 0.3) is 0 Å². The number of hydrogen-bond donors (Lipinski definition) is 1. The summed E-state index contributed by atoms with van der Waals surface area (Å²) in [7, 11) is 0. The minimum Gasteiger partial charge on any atom is -0.358 e. The van der Waals surface area contributed by atoms with Crippen LogP contribution in [0.1, 0.15) is 7.43 Å². The van der Waals surface area contributed by atoms with E-state index in [0.29, 0.717) is 0 Å². The van der Waals surface area contributed by atoms with Crippen LogP contribution in [-0.4, -0.2) is 0 Å². The van der Waals surface area contributed by atoms with Gasteiger partial charge in [0.05, 0.1) is 0 Å². The Balaban J connectivity index is 0. The summed E-state index contributed by atoms with van der Waals surface area (Å²) in [5, 5.41) is 0. The molecule has 4 heteroatoms. The summed E-state index contributed by atoms with van der Waals surface area (Å²) in [5.74, 6) is 0. The van der Waals surface area contributed by atoms with Crippen LogP contribution in [0.3, 0.4) is 0 Å². The van der Waals surface area contributed by atoms with Gasteiger partial charge in [-0.1, -0.05) is 7.43 Å². The smallest absolute Gasteiger partial charge is 0 e. The molecule has 0 aromatic rings. The second-order valence-electron chi connectivity index (χ2n) is 0. The minimum absolute atomic E-state index is 0. The summed E-state index contributed by atoms with van der Waals surface area (Å²) < 4.78 is 0. The third kappa shape index (κ3) is 45.8. The molecule has 0 saturated carbocycles. The molecule has 0 aromatic heterocycles. The normalized spacial score (nSPS) is 0. The molecular formula is C3H13NY3-2. The van der Waals surface area contributed by atoms with E-state index in [1.807, 2.05) is 0 Å². The molecule has 0 heterocycles. The fourth-order valence-corrected chi connectivity index (χ4v) is 0. The zero-order chi connectivity index (χ0) is 0. The van der Waals surface area contributed by atoms with Gasteiger partial charge in [0.25, 0.3) is 0 Å². The number of rotatable bonds is 0. The Morgan fingerprint density at radius 2 is 0.571 bits per heavy atom. The van der Waals surface area contributed by atoms with E-state index < -0.39 is 0 Å². The third-order valence-electron chi connectivity index (χ3n) is 0. The molecule has 0 bridgehead atoms. The van der Waals surface area contributed by atoms with Gasteiger partial charge >= 0.3 is 0 Å². The largest absolute Gasteiger partial charge is 0.358 e. The summed E-state index contributed by atoms with van der Waals surface area (Å²) in [4.78, 5) is 0. The van der Waals surface area contributed by atoms with E-state index >= 15 is 0 Å². The SMILES string of the molecule is C.N.[CH3-].[CH3-].[Y].[Y].[Y]. The Labute approximate surface area is 124 Å². The summed E-state index contributed by atoms with van der Waals surface area (Å²) in [5.41, 5.74) is 0. The molecule has 0 aliphatic heterocycles. The Kier molecular flexibility index (Phi) is 698. The summed E-state index contributed by atoms with van der Waals surface area (Å²) in [6.45, 7) is 0. The second-order valence-corrected chi connectivity index (χ2v) is 0. The molecule has 0 amide bonds. The molecule has 0 rings (SSSR count). The second kappa shape index (κ2) is 59.3. The van der Waals surface area contributed by atoms with Crippen molar-refractivity contribution in [3.05, 3.63) is 14.9 Å². The molecule has 0 spiro atoms. The van der Waals surface area contributed by atoms with Crippen LogP contribution in [-0.2, 0) is 98.1 Å². The molecule has 3 N–H and O–H groups in total. The fourth-order valence-electron chi connectivity index (χ4n) is 0. The maximum atomic E-state index is 0. The van der Waals surface area contributed by atoms with Gasteiger partial charge in [-0.05, 0) is 0 Å². The molecular weight excluding hydrogens is 317 g/mol. The van der Waals surface area contributed by atoms with E-state index in [0.717, 1.165) is 0 Å². The molecule has 0 atom stereocenters. The van der Waals surface area contributed by atoms with Crippen molar-refractivity contribution in [2.75, 3.05) is 0 Å². The zero-order valence-electron chi connectivity index (χ0n) is 4.44. The van der Waals surface area contributed by atoms with Gasteiger partial charge in [0.15, 0.2) is 0 Å². The van der Waals surface area contributed by atoms with Gasteiger partial charge in [-0.3, -0.25) is 0 Å². The Hall–Kier alpha value is 3.27. The van der Waals surface area contributed by atoms with E-state index in [-0.39, 0.29) is 127 Å². The van der Waals surface area contributed by atoms with Crippen LogP contribution >= 0.6 is 0 Å². The van der Waals surface area contributed by atoms with E-state index in [4.69, 9.17) is 0 Å². The quantitative estimate of drug-likeness (QED) is 0.674. The predicted molar refractivity (Wildman–Crippen MR) is 24.6 cm³/mol. The zero-order valence-corrected chi connectivity index (χ0v) is 13.0. The van der Waals surface area contributed by atoms with Crippen LogP contribution in [0.2, 0.25) is 0 Å². The Bertz CT molecular complexity index is 10.1. The van der Waals surface area contributed by atoms with Gasteiger partial charge in [0, 0.05) is 98.1 Å². The van der Waals surface area contributed by atoms with E-state index in [9.17, 15) is 0 Å². The molecule has 0 unspecified atom stereocenters. The van der Waals surface area contributed by atoms with Crippen molar-refractivity contribution in [3.63, 3.8) is 0 Å². The van der Waals surface area contributed by atoms with E-state index in [1.54, 1.807) is 0 Å². The fraction of sp³-hybridized carbons (Fsp3) is 0.333. The first kappa shape index (κ1) is 82.5. The molecule has 3 radical (unpaired) electrons. The molecule has 0 fully saturated rings. The van der Waals surface area contributed by atoms with Gasteiger partial charge in [0.2, 0.25) is 0 Å². The van der Waals surface area contributed by atoms with Crippen LogP contribution < -0.4 is 6.15 Å². The molecule has 0 saturated heterocycles. The van der Waals surface area contributed by atoms with Crippen LogP contribution in [0, 0.1) is 14.9 Å². The first-order valence-electron chi connectivity index (χ1n) is 0. The van der Waals surface area contributed by atoms with Crippen LogP contribution in [0.5, 0.6) is 0 Å². The van der Waals surface area contributed by atoms with Crippen molar-refractivity contribution < 1.29 is 98.1 Å². The van der Waals surface area contributed by atoms with E-state index in [1.165, 1.54) is 0 Å². The van der Waals surface area contributed by atoms with Crippen molar-refractivity contribution in [1.29, 1.82) is 0 Å². The summed E-state index contributed by atoms with van der Waals surface area (Å²) >= 11 is 0. The first-order valence-corrected chi connectivity index (χ1v) is 0. The summed E-state index contributed by atoms with van der Waals surface area (Å²) in [6, 6.07) is 0. The third-order valence-corrected chi connectivity index (χ3v) is 0. The maximum absolute atomic E-state index is 0. The molecule has 41 valence electrons. The summed E-state index contributed by atoms with van der Waals surface area (Å²) in [6.07, 6.45) is 0. The molecule has 7 heavy (non-hydrogen) atoms. The monoisotopic (exact) mass is 330 g/mol. The Morgan fingerprint density at radius 3 is 0.571 bits per heavy atom.